The molecule has 6 aromatic rings. The number of halogens is 1. The molecule has 0 spiro atoms. The minimum absolute atomic E-state index is 0.219. The molecule has 0 amide bonds. The van der Waals surface area contributed by atoms with Crippen LogP contribution in [0.1, 0.15) is 11.1 Å². The van der Waals surface area contributed by atoms with E-state index in [-0.39, 0.29) is 5.82 Å². The third-order valence-electron chi connectivity index (χ3n) is 6.79. The Bertz CT molecular complexity index is 1670. The van der Waals surface area contributed by atoms with E-state index in [4.69, 9.17) is 0 Å². The van der Waals surface area contributed by atoms with E-state index in [1.165, 1.54) is 27.4 Å². The van der Waals surface area contributed by atoms with E-state index in [2.05, 4.69) is 98.3 Å². The van der Waals surface area contributed by atoms with E-state index in [0.29, 0.717) is 0 Å². The molecule has 2 heteroatoms. The zero-order chi connectivity index (χ0) is 22.7. The number of fused-ring (bicyclic) bond motifs is 5. The molecule has 0 bridgehead atoms. The highest BCUT2D eigenvalue weighted by atomic mass is 19.1. The van der Waals surface area contributed by atoms with Gasteiger partial charge in [-0.25, -0.2) is 4.39 Å². The summed E-state index contributed by atoms with van der Waals surface area (Å²) in [7, 11) is 2.11. The van der Waals surface area contributed by atoms with Gasteiger partial charge in [0, 0.05) is 34.3 Å². The number of hydrogen-bond donors (Lipinski definition) is 0. The average molecular weight is 430 g/mol. The summed E-state index contributed by atoms with van der Waals surface area (Å²) in [6.07, 6.45) is 0. The molecule has 160 valence electrons. The SMILES string of the molecule is Cc1ccc(-c2c(-c3ccc(C)cc3)c3c4ccccc4n(C)c3c3ccc(F)cc23)cc1. The molecule has 0 N–H and O–H groups in total. The van der Waals surface area contributed by atoms with Crippen LogP contribution in [0.4, 0.5) is 4.39 Å². The molecule has 1 aromatic heterocycles. The Morgan fingerprint density at radius 3 is 1.88 bits per heavy atom. The van der Waals surface area contributed by atoms with Crippen molar-refractivity contribution in [3.8, 4) is 22.3 Å². The molecular formula is C31H24FN. The Labute approximate surface area is 192 Å². The lowest BCUT2D eigenvalue weighted by molar-refractivity contribution is 0.630. The lowest BCUT2D eigenvalue weighted by Gasteiger charge is -2.18. The van der Waals surface area contributed by atoms with Crippen LogP contribution in [-0.2, 0) is 7.05 Å². The Morgan fingerprint density at radius 2 is 1.21 bits per heavy atom. The summed E-state index contributed by atoms with van der Waals surface area (Å²) < 4.78 is 16.9. The summed E-state index contributed by atoms with van der Waals surface area (Å²) >= 11 is 0. The van der Waals surface area contributed by atoms with Gasteiger partial charge in [0.05, 0.1) is 5.52 Å². The third kappa shape index (κ3) is 2.98. The van der Waals surface area contributed by atoms with Crippen molar-refractivity contribution in [3.63, 3.8) is 0 Å². The zero-order valence-electron chi connectivity index (χ0n) is 19.0. The van der Waals surface area contributed by atoms with Gasteiger partial charge in [-0.3, -0.25) is 0 Å². The van der Waals surface area contributed by atoms with Crippen LogP contribution in [0.15, 0.2) is 91.0 Å². The first-order valence-electron chi connectivity index (χ1n) is 11.3. The molecule has 1 heterocycles. The Morgan fingerprint density at radius 1 is 0.606 bits per heavy atom. The van der Waals surface area contributed by atoms with Crippen LogP contribution in [0.25, 0.3) is 54.8 Å². The second-order valence-corrected chi connectivity index (χ2v) is 8.97. The standard InChI is InChI=1S/C31H24FN/c1-19-8-12-21(13-9-19)28-26-18-23(32)16-17-24(26)31-30(25-6-4-5-7-27(25)33(31)3)29(28)22-14-10-20(2)11-15-22/h4-18H,1-3H3. The molecule has 0 saturated heterocycles. The van der Waals surface area contributed by atoms with E-state index < -0.39 is 0 Å². The van der Waals surface area contributed by atoms with Gasteiger partial charge < -0.3 is 4.57 Å². The number of benzene rings is 5. The number of aromatic nitrogens is 1. The first-order chi connectivity index (χ1) is 16.0. The highest BCUT2D eigenvalue weighted by Crippen LogP contribution is 2.47. The molecule has 0 aliphatic carbocycles. The van der Waals surface area contributed by atoms with Gasteiger partial charge in [0.1, 0.15) is 5.82 Å². The smallest absolute Gasteiger partial charge is 0.123 e. The maximum atomic E-state index is 14.7. The number of rotatable bonds is 2. The molecule has 0 unspecified atom stereocenters. The van der Waals surface area contributed by atoms with Crippen molar-refractivity contribution >= 4 is 32.6 Å². The normalized spacial score (nSPS) is 11.6. The first-order valence-corrected chi connectivity index (χ1v) is 11.3. The summed E-state index contributed by atoms with van der Waals surface area (Å²) in [5.74, 6) is -0.219. The number of hydrogen-bond acceptors (Lipinski definition) is 0. The molecule has 0 fully saturated rings. The van der Waals surface area contributed by atoms with Crippen molar-refractivity contribution in [2.24, 2.45) is 7.05 Å². The van der Waals surface area contributed by atoms with E-state index in [1.54, 1.807) is 12.1 Å². The lowest BCUT2D eigenvalue weighted by atomic mass is 9.86. The molecule has 0 saturated carbocycles. The van der Waals surface area contributed by atoms with Gasteiger partial charge in [-0.15, -0.1) is 0 Å². The number of nitrogens with zero attached hydrogens (tertiary/aromatic N) is 1. The topological polar surface area (TPSA) is 4.93 Å². The zero-order valence-corrected chi connectivity index (χ0v) is 19.0. The fraction of sp³-hybridized carbons (Fsp3) is 0.0968. The number of aryl methyl sites for hydroxylation is 3. The van der Waals surface area contributed by atoms with Crippen LogP contribution in [0.2, 0.25) is 0 Å². The van der Waals surface area contributed by atoms with Crippen molar-refractivity contribution in [2.75, 3.05) is 0 Å². The Hall–Kier alpha value is -3.91. The summed E-state index contributed by atoms with van der Waals surface area (Å²) in [6, 6.07) is 31.0. The summed E-state index contributed by atoms with van der Waals surface area (Å²) in [6.45, 7) is 4.20. The summed E-state index contributed by atoms with van der Waals surface area (Å²) in [4.78, 5) is 0. The molecule has 1 nitrogen and oxygen atoms in total. The number of para-hydroxylation sites is 1. The van der Waals surface area contributed by atoms with Crippen LogP contribution >= 0.6 is 0 Å². The van der Waals surface area contributed by atoms with Gasteiger partial charge in [-0.2, -0.15) is 0 Å². The van der Waals surface area contributed by atoms with Gasteiger partial charge in [0.25, 0.3) is 0 Å². The van der Waals surface area contributed by atoms with E-state index in [1.807, 2.05) is 6.07 Å². The van der Waals surface area contributed by atoms with Crippen LogP contribution in [0, 0.1) is 19.7 Å². The van der Waals surface area contributed by atoms with Gasteiger partial charge >= 0.3 is 0 Å². The van der Waals surface area contributed by atoms with Crippen molar-refractivity contribution in [3.05, 3.63) is 108 Å². The molecule has 0 aliphatic rings. The van der Waals surface area contributed by atoms with Gasteiger partial charge in [0.15, 0.2) is 0 Å². The van der Waals surface area contributed by atoms with Crippen molar-refractivity contribution in [1.82, 2.24) is 4.57 Å². The van der Waals surface area contributed by atoms with Gasteiger partial charge in [0.2, 0.25) is 0 Å². The van der Waals surface area contributed by atoms with Crippen LogP contribution in [0.3, 0.4) is 0 Å². The van der Waals surface area contributed by atoms with Gasteiger partial charge in [-0.1, -0.05) is 77.9 Å². The maximum absolute atomic E-state index is 14.7. The van der Waals surface area contributed by atoms with Crippen molar-refractivity contribution in [1.29, 1.82) is 0 Å². The van der Waals surface area contributed by atoms with E-state index in [9.17, 15) is 4.39 Å². The van der Waals surface area contributed by atoms with E-state index >= 15 is 0 Å². The summed E-state index contributed by atoms with van der Waals surface area (Å²) in [5, 5.41) is 4.43. The highest BCUT2D eigenvalue weighted by Gasteiger charge is 2.22. The quantitative estimate of drug-likeness (QED) is 0.260. The van der Waals surface area contributed by atoms with Crippen molar-refractivity contribution in [2.45, 2.75) is 13.8 Å². The van der Waals surface area contributed by atoms with Crippen LogP contribution < -0.4 is 0 Å². The molecule has 5 aromatic carbocycles. The first kappa shape index (κ1) is 19.8. The van der Waals surface area contributed by atoms with E-state index in [0.717, 1.165) is 38.5 Å². The van der Waals surface area contributed by atoms with Crippen molar-refractivity contribution < 1.29 is 4.39 Å². The molecule has 0 aliphatic heterocycles. The van der Waals surface area contributed by atoms with Crippen LogP contribution in [0.5, 0.6) is 0 Å². The largest absolute Gasteiger partial charge is 0.343 e. The fourth-order valence-electron chi connectivity index (χ4n) is 5.18. The highest BCUT2D eigenvalue weighted by molar-refractivity contribution is 6.28. The fourth-order valence-corrected chi connectivity index (χ4v) is 5.18. The lowest BCUT2D eigenvalue weighted by Crippen LogP contribution is -1.94. The molecule has 0 radical (unpaired) electrons. The molecule has 0 atom stereocenters. The minimum Gasteiger partial charge on any atom is -0.343 e. The van der Waals surface area contributed by atoms with Crippen LogP contribution in [-0.4, -0.2) is 4.57 Å². The molecular weight excluding hydrogens is 405 g/mol. The monoisotopic (exact) mass is 429 g/mol. The summed E-state index contributed by atoms with van der Waals surface area (Å²) in [5.41, 5.74) is 9.21. The predicted octanol–water partition coefficient (Wildman–Crippen LogP) is 8.57. The average Bonchev–Trinajstić information content (AvgIpc) is 3.12. The Kier molecular flexibility index (Phi) is 4.38. The third-order valence-corrected chi connectivity index (χ3v) is 6.79. The second kappa shape index (κ2) is 7.31. The Balaban J connectivity index is 1.94. The molecule has 6 rings (SSSR count). The van der Waals surface area contributed by atoms with Gasteiger partial charge in [-0.05, 0) is 60.2 Å². The maximum Gasteiger partial charge on any atom is 0.123 e. The predicted molar refractivity (Wildman–Crippen MR) is 138 cm³/mol. The molecule has 33 heavy (non-hydrogen) atoms. The minimum atomic E-state index is -0.219. The second-order valence-electron chi connectivity index (χ2n) is 8.97.